The monoisotopic (exact) mass is 235 g/mol. The number of carbonyl (C=O) groups is 2. The normalized spacial score (nSPS) is 10.2. The highest BCUT2D eigenvalue weighted by atomic mass is 16.5. The van der Waals surface area contributed by atoms with Gasteiger partial charge in [-0.25, -0.2) is 4.79 Å². The average molecular weight is 235 g/mol. The summed E-state index contributed by atoms with van der Waals surface area (Å²) in [4.78, 5) is 21.4. The van der Waals surface area contributed by atoms with Crippen molar-refractivity contribution >= 4 is 23.6 Å². The van der Waals surface area contributed by atoms with Gasteiger partial charge in [0.25, 0.3) is 0 Å². The van der Waals surface area contributed by atoms with E-state index in [9.17, 15) is 9.59 Å². The minimum Gasteiger partial charge on any atom is -0.497 e. The van der Waals surface area contributed by atoms with E-state index in [0.717, 1.165) is 6.08 Å². The highest BCUT2D eigenvalue weighted by Crippen LogP contribution is 2.23. The molecule has 2 N–H and O–H groups in total. The van der Waals surface area contributed by atoms with Crippen molar-refractivity contribution in [1.82, 2.24) is 0 Å². The molecule has 0 unspecified atom stereocenters. The van der Waals surface area contributed by atoms with Gasteiger partial charge in [-0.2, -0.15) is 0 Å². The van der Waals surface area contributed by atoms with Crippen LogP contribution in [0.2, 0.25) is 0 Å². The fourth-order valence-corrected chi connectivity index (χ4v) is 1.27. The summed E-state index contributed by atoms with van der Waals surface area (Å²) in [7, 11) is 1.51. The van der Waals surface area contributed by atoms with Crippen LogP contribution in [0.25, 0.3) is 6.08 Å². The van der Waals surface area contributed by atoms with Gasteiger partial charge in [0.05, 0.1) is 12.8 Å². The molecule has 0 aliphatic carbocycles. The van der Waals surface area contributed by atoms with E-state index in [0.29, 0.717) is 17.0 Å². The van der Waals surface area contributed by atoms with Gasteiger partial charge >= 0.3 is 5.97 Å². The number of nitrogens with one attached hydrogen (secondary N) is 1. The average Bonchev–Trinajstić information content (AvgIpc) is 2.26. The van der Waals surface area contributed by atoms with Gasteiger partial charge in [0.1, 0.15) is 5.75 Å². The first-order valence-electron chi connectivity index (χ1n) is 4.89. The van der Waals surface area contributed by atoms with Crippen LogP contribution in [-0.2, 0) is 9.59 Å². The first kappa shape index (κ1) is 12.8. The Morgan fingerprint density at radius 2 is 2.12 bits per heavy atom. The molecule has 90 valence electrons. The van der Waals surface area contributed by atoms with Gasteiger partial charge in [0, 0.05) is 19.1 Å². The summed E-state index contributed by atoms with van der Waals surface area (Å²) in [5, 5.41) is 11.2. The van der Waals surface area contributed by atoms with E-state index in [1.165, 1.54) is 20.1 Å². The number of hydrogen-bond donors (Lipinski definition) is 2. The van der Waals surface area contributed by atoms with Crippen molar-refractivity contribution in [3.8, 4) is 5.75 Å². The number of hydrogen-bond acceptors (Lipinski definition) is 3. The van der Waals surface area contributed by atoms with Gasteiger partial charge in [-0.3, -0.25) is 4.79 Å². The minimum atomic E-state index is -1.05. The van der Waals surface area contributed by atoms with Gasteiger partial charge in [-0.15, -0.1) is 0 Å². The highest BCUT2D eigenvalue weighted by molar-refractivity contribution is 5.93. The molecule has 0 fully saturated rings. The fourth-order valence-electron chi connectivity index (χ4n) is 1.27. The van der Waals surface area contributed by atoms with Gasteiger partial charge < -0.3 is 15.2 Å². The summed E-state index contributed by atoms with van der Waals surface area (Å²) in [6.07, 6.45) is 2.42. The Morgan fingerprint density at radius 1 is 1.41 bits per heavy atom. The second-order valence-electron chi connectivity index (χ2n) is 3.31. The molecule has 5 nitrogen and oxygen atoms in total. The number of ether oxygens (including phenoxy) is 1. The Labute approximate surface area is 98.7 Å². The highest BCUT2D eigenvalue weighted by Gasteiger charge is 2.04. The van der Waals surface area contributed by atoms with Crippen LogP contribution in [0.3, 0.4) is 0 Å². The molecule has 1 amide bonds. The summed E-state index contributed by atoms with van der Waals surface area (Å²) in [6, 6.07) is 4.99. The molecule has 0 spiro atoms. The third-order valence-electron chi connectivity index (χ3n) is 1.98. The second kappa shape index (κ2) is 5.69. The quantitative estimate of drug-likeness (QED) is 0.779. The maximum absolute atomic E-state index is 11.0. The summed E-state index contributed by atoms with van der Waals surface area (Å²) in [5.41, 5.74) is 1.11. The Bertz CT molecular complexity index is 466. The molecule has 0 atom stereocenters. The molecule has 0 aliphatic rings. The zero-order chi connectivity index (χ0) is 12.8. The van der Waals surface area contributed by atoms with E-state index in [1.54, 1.807) is 18.2 Å². The van der Waals surface area contributed by atoms with E-state index < -0.39 is 5.97 Å². The number of aliphatic carboxylic acids is 1. The lowest BCUT2D eigenvalue weighted by molar-refractivity contribution is -0.131. The van der Waals surface area contributed by atoms with Crippen LogP contribution >= 0.6 is 0 Å². The Kier molecular flexibility index (Phi) is 4.28. The minimum absolute atomic E-state index is 0.233. The molecule has 0 saturated carbocycles. The van der Waals surface area contributed by atoms with E-state index in [-0.39, 0.29) is 5.91 Å². The predicted octanol–water partition coefficient (Wildman–Crippen LogP) is 1.75. The van der Waals surface area contributed by atoms with Crippen LogP contribution in [-0.4, -0.2) is 24.1 Å². The molecule has 1 aromatic rings. The number of benzene rings is 1. The third-order valence-corrected chi connectivity index (χ3v) is 1.98. The fraction of sp³-hybridized carbons (Fsp3) is 0.167. The maximum Gasteiger partial charge on any atom is 0.328 e. The van der Waals surface area contributed by atoms with Crippen LogP contribution in [0.1, 0.15) is 12.5 Å². The van der Waals surface area contributed by atoms with E-state index >= 15 is 0 Å². The van der Waals surface area contributed by atoms with E-state index in [4.69, 9.17) is 9.84 Å². The molecular formula is C12H13NO4. The molecular weight excluding hydrogens is 222 g/mol. The van der Waals surface area contributed by atoms with Gasteiger partial charge in [0.15, 0.2) is 0 Å². The lowest BCUT2D eigenvalue weighted by Gasteiger charge is -2.08. The Hall–Kier alpha value is -2.30. The summed E-state index contributed by atoms with van der Waals surface area (Å²) < 4.78 is 5.03. The van der Waals surface area contributed by atoms with E-state index in [2.05, 4.69) is 5.32 Å². The Morgan fingerprint density at radius 3 is 2.65 bits per heavy atom. The van der Waals surface area contributed by atoms with Crippen molar-refractivity contribution in [2.24, 2.45) is 0 Å². The summed E-state index contributed by atoms with van der Waals surface area (Å²) in [6.45, 7) is 1.38. The lowest BCUT2D eigenvalue weighted by atomic mass is 10.1. The Balaban J connectivity index is 3.09. The number of carboxylic acids is 1. The van der Waals surface area contributed by atoms with Gasteiger partial charge in [-0.05, 0) is 23.8 Å². The molecule has 17 heavy (non-hydrogen) atoms. The molecule has 0 bridgehead atoms. The standard InChI is InChI=1S/C12H13NO4/c1-8(14)13-11-7-10(17-2)5-3-9(11)4-6-12(15)16/h3-7H,1-2H3,(H,13,14)(H,15,16). The predicted molar refractivity (Wildman–Crippen MR) is 64.0 cm³/mol. The van der Waals surface area contributed by atoms with Crippen molar-refractivity contribution in [2.45, 2.75) is 6.92 Å². The van der Waals surface area contributed by atoms with E-state index in [1.807, 2.05) is 0 Å². The third kappa shape index (κ3) is 3.98. The first-order chi connectivity index (χ1) is 8.02. The number of rotatable bonds is 4. The largest absolute Gasteiger partial charge is 0.497 e. The maximum atomic E-state index is 11.0. The van der Waals surface area contributed by atoms with Crippen molar-refractivity contribution in [3.05, 3.63) is 29.8 Å². The smallest absolute Gasteiger partial charge is 0.328 e. The number of carbonyl (C=O) groups excluding carboxylic acids is 1. The van der Waals surface area contributed by atoms with Crippen molar-refractivity contribution in [3.63, 3.8) is 0 Å². The molecule has 0 radical (unpaired) electrons. The topological polar surface area (TPSA) is 75.6 Å². The van der Waals surface area contributed by atoms with Gasteiger partial charge in [0.2, 0.25) is 5.91 Å². The lowest BCUT2D eigenvalue weighted by Crippen LogP contribution is -2.07. The zero-order valence-corrected chi connectivity index (χ0v) is 9.56. The van der Waals surface area contributed by atoms with Crippen LogP contribution < -0.4 is 10.1 Å². The molecule has 1 aromatic carbocycles. The SMILES string of the molecule is COc1ccc(C=CC(=O)O)c(NC(C)=O)c1. The molecule has 0 saturated heterocycles. The number of anilines is 1. The summed E-state index contributed by atoms with van der Waals surface area (Å²) >= 11 is 0. The van der Waals surface area contributed by atoms with Gasteiger partial charge in [-0.1, -0.05) is 0 Å². The van der Waals surface area contributed by atoms with Crippen molar-refractivity contribution < 1.29 is 19.4 Å². The van der Waals surface area contributed by atoms with Crippen LogP contribution in [0.4, 0.5) is 5.69 Å². The number of amides is 1. The molecule has 0 aromatic heterocycles. The van der Waals surface area contributed by atoms with Crippen molar-refractivity contribution in [1.29, 1.82) is 0 Å². The molecule has 1 rings (SSSR count). The first-order valence-corrected chi connectivity index (χ1v) is 4.89. The molecule has 5 heteroatoms. The zero-order valence-electron chi connectivity index (χ0n) is 9.56. The second-order valence-corrected chi connectivity index (χ2v) is 3.31. The number of methoxy groups -OCH3 is 1. The van der Waals surface area contributed by atoms with Crippen LogP contribution in [0.15, 0.2) is 24.3 Å². The van der Waals surface area contributed by atoms with Crippen molar-refractivity contribution in [2.75, 3.05) is 12.4 Å². The van der Waals surface area contributed by atoms with Crippen LogP contribution in [0.5, 0.6) is 5.75 Å². The molecule has 0 heterocycles. The number of carboxylic acid groups (broad SMARTS) is 1. The summed E-state index contributed by atoms with van der Waals surface area (Å²) in [5.74, 6) is -0.695. The molecule has 0 aliphatic heterocycles. The van der Waals surface area contributed by atoms with Crippen LogP contribution in [0, 0.1) is 0 Å².